The Labute approximate surface area is 112 Å². The lowest BCUT2D eigenvalue weighted by Gasteiger charge is -2.18. The summed E-state index contributed by atoms with van der Waals surface area (Å²) in [6.07, 6.45) is 10.4. The van der Waals surface area contributed by atoms with Crippen molar-refractivity contribution < 1.29 is 4.79 Å². The Morgan fingerprint density at radius 1 is 1.06 bits per heavy atom. The van der Waals surface area contributed by atoms with E-state index in [4.69, 9.17) is 11.6 Å². The summed E-state index contributed by atoms with van der Waals surface area (Å²) >= 11 is 5.74. The third-order valence-electron chi connectivity index (χ3n) is 3.06. The molecule has 1 unspecified atom stereocenters. The predicted molar refractivity (Wildman–Crippen MR) is 75.6 cm³/mol. The smallest absolute Gasteiger partial charge is 0.240 e. The van der Waals surface area contributed by atoms with Crippen LogP contribution in [0.2, 0.25) is 0 Å². The van der Waals surface area contributed by atoms with Crippen LogP contribution in [0.4, 0.5) is 0 Å². The van der Waals surface area contributed by atoms with Crippen molar-refractivity contribution in [2.24, 2.45) is 0 Å². The molecule has 3 heteroatoms. The fourth-order valence-corrected chi connectivity index (χ4v) is 2.06. The van der Waals surface area contributed by atoms with E-state index >= 15 is 0 Å². The van der Waals surface area contributed by atoms with E-state index in [0.717, 1.165) is 13.0 Å². The van der Waals surface area contributed by atoms with Gasteiger partial charge < -0.3 is 4.90 Å². The summed E-state index contributed by atoms with van der Waals surface area (Å²) in [4.78, 5) is 13.2. The van der Waals surface area contributed by atoms with Crippen molar-refractivity contribution in [3.8, 4) is 0 Å². The maximum Gasteiger partial charge on any atom is 0.240 e. The van der Waals surface area contributed by atoms with Crippen molar-refractivity contribution >= 4 is 17.5 Å². The maximum absolute atomic E-state index is 11.5. The summed E-state index contributed by atoms with van der Waals surface area (Å²) in [5.41, 5.74) is 0. The fraction of sp³-hybridized carbons (Fsp3) is 0.929. The molecule has 0 bridgehead atoms. The molecule has 1 amide bonds. The molecule has 0 saturated carbocycles. The van der Waals surface area contributed by atoms with Crippen LogP contribution in [-0.2, 0) is 4.79 Å². The van der Waals surface area contributed by atoms with Crippen LogP contribution in [0.25, 0.3) is 0 Å². The number of carbonyl (C=O) groups is 1. The van der Waals surface area contributed by atoms with Gasteiger partial charge in [0.15, 0.2) is 0 Å². The first-order valence-electron chi connectivity index (χ1n) is 6.98. The summed E-state index contributed by atoms with van der Waals surface area (Å²) < 4.78 is 0. The number of rotatable bonds is 10. The second-order valence-corrected chi connectivity index (χ2v) is 5.51. The lowest BCUT2D eigenvalue weighted by Crippen LogP contribution is -2.32. The first-order valence-corrected chi connectivity index (χ1v) is 7.42. The van der Waals surface area contributed by atoms with Gasteiger partial charge in [0, 0.05) is 13.6 Å². The van der Waals surface area contributed by atoms with Gasteiger partial charge >= 0.3 is 0 Å². The zero-order valence-corrected chi connectivity index (χ0v) is 12.4. The number of amides is 1. The van der Waals surface area contributed by atoms with Crippen LogP contribution < -0.4 is 0 Å². The minimum absolute atomic E-state index is 0.0367. The van der Waals surface area contributed by atoms with Gasteiger partial charge in [0.2, 0.25) is 5.91 Å². The minimum Gasteiger partial charge on any atom is -0.344 e. The third-order valence-corrected chi connectivity index (χ3v) is 3.25. The highest BCUT2D eigenvalue weighted by molar-refractivity contribution is 6.30. The lowest BCUT2D eigenvalue weighted by atomic mass is 10.1. The van der Waals surface area contributed by atoms with Gasteiger partial charge in [-0.3, -0.25) is 4.79 Å². The van der Waals surface area contributed by atoms with Gasteiger partial charge in [0.05, 0.1) is 0 Å². The Morgan fingerprint density at radius 3 is 2.00 bits per heavy atom. The average Bonchev–Trinajstić information content (AvgIpc) is 2.31. The van der Waals surface area contributed by atoms with Gasteiger partial charge in [-0.25, -0.2) is 0 Å². The van der Waals surface area contributed by atoms with Crippen LogP contribution in [-0.4, -0.2) is 29.8 Å². The molecule has 0 spiro atoms. The van der Waals surface area contributed by atoms with Crippen molar-refractivity contribution in [2.45, 2.75) is 70.6 Å². The number of carbonyl (C=O) groups excluding carboxylic acids is 1. The molecular weight excluding hydrogens is 234 g/mol. The van der Waals surface area contributed by atoms with E-state index < -0.39 is 5.38 Å². The van der Waals surface area contributed by atoms with Gasteiger partial charge in [-0.1, -0.05) is 51.9 Å². The maximum atomic E-state index is 11.5. The van der Waals surface area contributed by atoms with E-state index in [1.807, 2.05) is 7.05 Å². The van der Waals surface area contributed by atoms with Gasteiger partial charge in [0.25, 0.3) is 0 Å². The van der Waals surface area contributed by atoms with Crippen molar-refractivity contribution in [1.82, 2.24) is 4.90 Å². The van der Waals surface area contributed by atoms with Crippen LogP contribution in [0, 0.1) is 0 Å². The molecule has 0 aliphatic heterocycles. The zero-order chi connectivity index (χ0) is 13.1. The molecule has 0 N–H and O–H groups in total. The van der Waals surface area contributed by atoms with E-state index in [-0.39, 0.29) is 5.91 Å². The number of alkyl halides is 1. The summed E-state index contributed by atoms with van der Waals surface area (Å²) in [5, 5.41) is -0.394. The Morgan fingerprint density at radius 2 is 1.53 bits per heavy atom. The van der Waals surface area contributed by atoms with Crippen molar-refractivity contribution in [2.75, 3.05) is 13.6 Å². The molecule has 0 saturated heterocycles. The molecule has 1 atom stereocenters. The van der Waals surface area contributed by atoms with Gasteiger partial charge in [-0.05, 0) is 13.3 Å². The van der Waals surface area contributed by atoms with Crippen molar-refractivity contribution in [3.63, 3.8) is 0 Å². The third kappa shape index (κ3) is 9.46. The lowest BCUT2D eigenvalue weighted by molar-refractivity contribution is -0.129. The predicted octanol–water partition coefficient (Wildman–Crippen LogP) is 4.21. The monoisotopic (exact) mass is 261 g/mol. The molecule has 0 aliphatic carbocycles. The second-order valence-electron chi connectivity index (χ2n) is 4.85. The van der Waals surface area contributed by atoms with Crippen LogP contribution in [0.1, 0.15) is 65.2 Å². The number of hydrogen-bond donors (Lipinski definition) is 0. The van der Waals surface area contributed by atoms with E-state index in [1.54, 1.807) is 11.8 Å². The molecule has 0 aromatic heterocycles. The van der Waals surface area contributed by atoms with Gasteiger partial charge in [-0.2, -0.15) is 0 Å². The van der Waals surface area contributed by atoms with E-state index in [9.17, 15) is 4.79 Å². The zero-order valence-electron chi connectivity index (χ0n) is 11.7. The molecule has 102 valence electrons. The molecule has 0 aromatic carbocycles. The van der Waals surface area contributed by atoms with Crippen LogP contribution in [0.15, 0.2) is 0 Å². The van der Waals surface area contributed by atoms with E-state index in [2.05, 4.69) is 6.92 Å². The number of halogens is 1. The Kier molecular flexibility index (Phi) is 10.7. The van der Waals surface area contributed by atoms with Crippen molar-refractivity contribution in [1.29, 1.82) is 0 Å². The van der Waals surface area contributed by atoms with Gasteiger partial charge in [0.1, 0.15) is 5.38 Å². The first kappa shape index (κ1) is 16.8. The summed E-state index contributed by atoms with van der Waals surface area (Å²) in [5.74, 6) is 0.0367. The van der Waals surface area contributed by atoms with Crippen molar-refractivity contribution in [3.05, 3.63) is 0 Å². The molecule has 2 nitrogen and oxygen atoms in total. The fourth-order valence-electron chi connectivity index (χ4n) is 1.90. The Balaban J connectivity index is 3.30. The minimum atomic E-state index is -0.394. The summed E-state index contributed by atoms with van der Waals surface area (Å²) in [6, 6.07) is 0. The normalized spacial score (nSPS) is 12.5. The molecule has 0 radical (unpaired) electrons. The highest BCUT2D eigenvalue weighted by atomic mass is 35.5. The Hall–Kier alpha value is -0.240. The van der Waals surface area contributed by atoms with Crippen LogP contribution in [0.3, 0.4) is 0 Å². The van der Waals surface area contributed by atoms with E-state index in [1.165, 1.54) is 44.9 Å². The molecule has 0 heterocycles. The molecular formula is C14H28ClNO. The SMILES string of the molecule is CCCCCCCCCCN(C)C(=O)C(C)Cl. The molecule has 0 fully saturated rings. The number of unbranched alkanes of at least 4 members (excludes halogenated alkanes) is 7. The molecule has 17 heavy (non-hydrogen) atoms. The number of hydrogen-bond acceptors (Lipinski definition) is 1. The molecule has 0 rings (SSSR count). The molecule has 0 aromatic rings. The first-order chi connectivity index (χ1) is 8.09. The average molecular weight is 262 g/mol. The Bertz CT molecular complexity index is 195. The number of nitrogens with zero attached hydrogens (tertiary/aromatic N) is 1. The van der Waals surface area contributed by atoms with E-state index in [0.29, 0.717) is 0 Å². The van der Waals surface area contributed by atoms with Crippen LogP contribution in [0.5, 0.6) is 0 Å². The van der Waals surface area contributed by atoms with Crippen LogP contribution >= 0.6 is 11.6 Å². The van der Waals surface area contributed by atoms with Gasteiger partial charge in [-0.15, -0.1) is 11.6 Å². The topological polar surface area (TPSA) is 20.3 Å². The summed E-state index contributed by atoms with van der Waals surface area (Å²) in [6.45, 7) is 4.81. The highest BCUT2D eigenvalue weighted by Crippen LogP contribution is 2.09. The second kappa shape index (κ2) is 10.9. The summed E-state index contributed by atoms with van der Waals surface area (Å²) in [7, 11) is 1.84. The standard InChI is InChI=1S/C14H28ClNO/c1-4-5-6-7-8-9-10-11-12-16(3)14(17)13(2)15/h13H,4-12H2,1-3H3. The quantitative estimate of drug-likeness (QED) is 0.426. The largest absolute Gasteiger partial charge is 0.344 e. The molecule has 0 aliphatic rings. The highest BCUT2D eigenvalue weighted by Gasteiger charge is 2.13.